The second-order valence-corrected chi connectivity index (χ2v) is 10.1. The van der Waals surface area contributed by atoms with Crippen molar-refractivity contribution < 1.29 is 23.6 Å². The van der Waals surface area contributed by atoms with Crippen molar-refractivity contribution in [1.82, 2.24) is 20.4 Å². The number of amides is 2. The van der Waals surface area contributed by atoms with Crippen molar-refractivity contribution in [2.24, 2.45) is 17.3 Å². The van der Waals surface area contributed by atoms with Crippen LogP contribution < -0.4 is 5.32 Å². The summed E-state index contributed by atoms with van der Waals surface area (Å²) in [4.78, 5) is 45.1. The van der Waals surface area contributed by atoms with Gasteiger partial charge in [0.25, 0.3) is 0 Å². The van der Waals surface area contributed by atoms with Crippen LogP contribution >= 0.6 is 0 Å². The maximum absolute atomic E-state index is 13.4. The van der Waals surface area contributed by atoms with E-state index < -0.39 is 12.0 Å². The number of nitrogens with one attached hydrogen (secondary N) is 1. The van der Waals surface area contributed by atoms with Crippen molar-refractivity contribution in [2.75, 3.05) is 26.3 Å². The summed E-state index contributed by atoms with van der Waals surface area (Å²) < 4.78 is 10.4. The van der Waals surface area contributed by atoms with Gasteiger partial charge in [-0.25, -0.2) is 0 Å². The van der Waals surface area contributed by atoms with Gasteiger partial charge in [-0.2, -0.15) is 4.98 Å². The molecule has 1 aromatic rings. The fourth-order valence-corrected chi connectivity index (χ4v) is 4.56. The van der Waals surface area contributed by atoms with E-state index in [1.165, 1.54) is 0 Å². The number of ether oxygens (including phenoxy) is 1. The molecule has 2 heterocycles. The number of carbonyl (C=O) groups excluding carboxylic acids is 3. The van der Waals surface area contributed by atoms with Gasteiger partial charge < -0.3 is 19.5 Å². The third kappa shape index (κ3) is 8.21. The second kappa shape index (κ2) is 12.3. The number of aromatic nitrogens is 2. The molecule has 0 aromatic carbocycles. The summed E-state index contributed by atoms with van der Waals surface area (Å²) in [5.74, 6) is -0.433. The number of morpholine rings is 1. The van der Waals surface area contributed by atoms with Gasteiger partial charge in [0.2, 0.25) is 29.3 Å². The SMILES string of the molecule is CCc1nc(C(=O)[C@@H](CC)NC(=O)[C@H](CC(=O)N2CCOCC2)CC(C)(C)CC(C)C)no1. The molecule has 1 N–H and O–H groups in total. The molecule has 186 valence electrons. The van der Waals surface area contributed by atoms with Crippen LogP contribution in [0.3, 0.4) is 0 Å². The first kappa shape index (κ1) is 27.0. The first-order valence-corrected chi connectivity index (χ1v) is 12.1. The van der Waals surface area contributed by atoms with Crippen molar-refractivity contribution in [3.63, 3.8) is 0 Å². The van der Waals surface area contributed by atoms with Crippen LogP contribution in [-0.4, -0.2) is 65.0 Å². The molecule has 0 saturated carbocycles. The lowest BCUT2D eigenvalue weighted by Gasteiger charge is -2.33. The summed E-state index contributed by atoms with van der Waals surface area (Å²) in [6, 6.07) is -0.769. The largest absolute Gasteiger partial charge is 0.378 e. The maximum Gasteiger partial charge on any atom is 0.240 e. The van der Waals surface area contributed by atoms with Crippen LogP contribution in [0.2, 0.25) is 0 Å². The Morgan fingerprint density at radius 3 is 2.33 bits per heavy atom. The molecular formula is C24H40N4O5. The van der Waals surface area contributed by atoms with E-state index in [0.29, 0.717) is 57.4 Å². The third-order valence-corrected chi connectivity index (χ3v) is 5.95. The van der Waals surface area contributed by atoms with Crippen LogP contribution in [-0.2, 0) is 20.7 Å². The van der Waals surface area contributed by atoms with Crippen molar-refractivity contribution in [1.29, 1.82) is 0 Å². The van der Waals surface area contributed by atoms with Gasteiger partial charge in [-0.15, -0.1) is 0 Å². The first-order valence-electron chi connectivity index (χ1n) is 12.1. The second-order valence-electron chi connectivity index (χ2n) is 10.1. The van der Waals surface area contributed by atoms with E-state index in [0.717, 1.165) is 6.42 Å². The summed E-state index contributed by atoms with van der Waals surface area (Å²) in [7, 11) is 0. The van der Waals surface area contributed by atoms with E-state index in [-0.39, 0.29) is 35.3 Å². The standard InChI is InChI=1S/C24H40N4O5/c1-7-18(21(30)22-26-19(8-2)33-27-22)25-23(31)17(15-24(5,6)14-16(3)4)13-20(29)28-9-11-32-12-10-28/h16-18H,7-15H2,1-6H3,(H,25,31)/t17-,18-/m1/s1. The monoisotopic (exact) mass is 464 g/mol. The molecule has 9 heteroatoms. The molecule has 1 aromatic heterocycles. The average Bonchev–Trinajstić information content (AvgIpc) is 3.25. The summed E-state index contributed by atoms with van der Waals surface area (Å²) in [6.07, 6.45) is 2.52. The minimum Gasteiger partial charge on any atom is -0.378 e. The Morgan fingerprint density at radius 2 is 1.79 bits per heavy atom. The lowest BCUT2D eigenvalue weighted by molar-refractivity contribution is -0.140. The predicted molar refractivity (Wildman–Crippen MR) is 124 cm³/mol. The Bertz CT molecular complexity index is 799. The summed E-state index contributed by atoms with van der Waals surface area (Å²) >= 11 is 0. The van der Waals surface area contributed by atoms with Gasteiger partial charge in [0.1, 0.15) is 0 Å². The molecule has 0 unspecified atom stereocenters. The van der Waals surface area contributed by atoms with Crippen LogP contribution in [0.1, 0.15) is 83.7 Å². The lowest BCUT2D eigenvalue weighted by Crippen LogP contribution is -2.47. The Morgan fingerprint density at radius 1 is 1.12 bits per heavy atom. The van der Waals surface area contributed by atoms with Crippen molar-refractivity contribution in [3.8, 4) is 0 Å². The smallest absolute Gasteiger partial charge is 0.240 e. The fourth-order valence-electron chi connectivity index (χ4n) is 4.56. The van der Waals surface area contributed by atoms with Crippen LogP contribution in [0.15, 0.2) is 4.52 Å². The average molecular weight is 465 g/mol. The molecule has 2 amide bonds. The molecule has 9 nitrogen and oxygen atoms in total. The van der Waals surface area contributed by atoms with E-state index >= 15 is 0 Å². The number of carbonyl (C=O) groups is 3. The molecule has 2 atom stereocenters. The zero-order valence-electron chi connectivity index (χ0n) is 21.0. The Balaban J connectivity index is 2.15. The van der Waals surface area contributed by atoms with Crippen molar-refractivity contribution >= 4 is 17.6 Å². The molecule has 1 aliphatic heterocycles. The summed E-state index contributed by atoms with van der Waals surface area (Å²) in [5.41, 5.74) is -0.128. The van der Waals surface area contributed by atoms with Crippen molar-refractivity contribution in [3.05, 3.63) is 11.7 Å². The van der Waals surface area contributed by atoms with Crippen LogP contribution in [0.25, 0.3) is 0 Å². The highest BCUT2D eigenvalue weighted by Gasteiger charge is 2.34. The minimum absolute atomic E-state index is 0.0277. The van der Waals surface area contributed by atoms with Gasteiger partial charge in [-0.05, 0) is 30.6 Å². The van der Waals surface area contributed by atoms with E-state index in [1.807, 2.05) is 13.8 Å². The van der Waals surface area contributed by atoms with E-state index in [1.54, 1.807) is 4.90 Å². The molecule has 0 spiro atoms. The maximum atomic E-state index is 13.4. The fraction of sp³-hybridized carbons (Fsp3) is 0.792. The quantitative estimate of drug-likeness (QED) is 0.473. The van der Waals surface area contributed by atoms with Crippen LogP contribution in [0.5, 0.6) is 0 Å². The summed E-state index contributed by atoms with van der Waals surface area (Å²) in [6.45, 7) is 14.3. The molecule has 33 heavy (non-hydrogen) atoms. The van der Waals surface area contributed by atoms with E-state index in [2.05, 4.69) is 43.2 Å². The van der Waals surface area contributed by atoms with Gasteiger partial charge in [-0.3, -0.25) is 14.4 Å². The van der Waals surface area contributed by atoms with Crippen LogP contribution in [0, 0.1) is 17.3 Å². The Kier molecular flexibility index (Phi) is 10.0. The van der Waals surface area contributed by atoms with E-state index in [9.17, 15) is 14.4 Å². The minimum atomic E-state index is -0.769. The van der Waals surface area contributed by atoms with Gasteiger partial charge >= 0.3 is 0 Å². The van der Waals surface area contributed by atoms with Gasteiger partial charge in [0.05, 0.1) is 19.3 Å². The van der Waals surface area contributed by atoms with E-state index in [4.69, 9.17) is 9.26 Å². The zero-order chi connectivity index (χ0) is 24.6. The highest BCUT2D eigenvalue weighted by molar-refractivity contribution is 5.99. The molecule has 1 aliphatic rings. The normalized spacial score (nSPS) is 16.5. The molecule has 0 radical (unpaired) electrons. The predicted octanol–water partition coefficient (Wildman–Crippen LogP) is 3.04. The number of Topliss-reactive ketones (excluding diaryl/α,β-unsaturated/α-hetero) is 1. The number of aryl methyl sites for hydroxylation is 1. The van der Waals surface area contributed by atoms with Gasteiger partial charge in [-0.1, -0.05) is 46.7 Å². The molecule has 1 fully saturated rings. The highest BCUT2D eigenvalue weighted by atomic mass is 16.5. The molecule has 0 bridgehead atoms. The topological polar surface area (TPSA) is 115 Å². The highest BCUT2D eigenvalue weighted by Crippen LogP contribution is 2.34. The first-order chi connectivity index (χ1) is 15.6. The number of rotatable bonds is 12. The molecule has 0 aliphatic carbocycles. The van der Waals surface area contributed by atoms with Gasteiger partial charge in [0.15, 0.2) is 0 Å². The van der Waals surface area contributed by atoms with Crippen LogP contribution in [0.4, 0.5) is 0 Å². The van der Waals surface area contributed by atoms with Crippen molar-refractivity contribution in [2.45, 2.75) is 79.7 Å². The number of hydrogen-bond donors (Lipinski definition) is 1. The molecule has 1 saturated heterocycles. The number of nitrogens with zero attached hydrogens (tertiary/aromatic N) is 3. The lowest BCUT2D eigenvalue weighted by atomic mass is 9.75. The number of hydrogen-bond acceptors (Lipinski definition) is 7. The molecular weight excluding hydrogens is 424 g/mol. The van der Waals surface area contributed by atoms with Gasteiger partial charge in [0, 0.05) is 31.8 Å². The zero-order valence-corrected chi connectivity index (χ0v) is 21.0. The molecule has 2 rings (SSSR count). The Labute approximate surface area is 197 Å². The Hall–Kier alpha value is -2.29. The summed E-state index contributed by atoms with van der Waals surface area (Å²) in [5, 5.41) is 6.62. The number of ketones is 1. The third-order valence-electron chi connectivity index (χ3n) is 5.95.